The molecule has 0 unspecified atom stereocenters. The first-order valence-corrected chi connectivity index (χ1v) is 10.3. The molecule has 0 N–H and O–H groups in total. The van der Waals surface area contributed by atoms with Gasteiger partial charge >= 0.3 is 11.9 Å². The van der Waals surface area contributed by atoms with Crippen LogP contribution in [-0.2, 0) is 23.9 Å². The third kappa shape index (κ3) is 3.45. The van der Waals surface area contributed by atoms with E-state index in [0.29, 0.717) is 30.5 Å². The molecule has 2 aliphatic rings. The smallest absolute Gasteiger partial charge is 0.335 e. The number of para-hydroxylation sites is 1. The summed E-state index contributed by atoms with van der Waals surface area (Å²) in [6, 6.07) is 6.55. The summed E-state index contributed by atoms with van der Waals surface area (Å²) in [4.78, 5) is 31.0. The minimum absolute atomic E-state index is 0.0107. The number of hydrogen-bond acceptors (Lipinski definition) is 4. The van der Waals surface area contributed by atoms with E-state index < -0.39 is 29.8 Å². The number of likely N-dealkylation sites (tertiary alicyclic amines) is 1. The number of pyridine rings is 1. The Morgan fingerprint density at radius 1 is 1.19 bits per heavy atom. The van der Waals surface area contributed by atoms with Crippen molar-refractivity contribution in [3.63, 3.8) is 0 Å². The summed E-state index contributed by atoms with van der Waals surface area (Å²) in [6.07, 6.45) is -4.15. The number of rotatable bonds is 3. The molecule has 1 aromatic carbocycles. The number of aryl methyl sites for hydroxylation is 1. The Hall–Kier alpha value is -3.24. The molecule has 0 spiro atoms. The summed E-state index contributed by atoms with van der Waals surface area (Å²) >= 11 is 0. The normalized spacial score (nSPS) is 19.1. The lowest BCUT2D eigenvalue weighted by atomic mass is 10.0. The molecule has 2 aromatic heterocycles. The van der Waals surface area contributed by atoms with E-state index in [9.17, 15) is 27.2 Å². The van der Waals surface area contributed by atoms with Crippen LogP contribution in [-0.4, -0.2) is 49.4 Å². The van der Waals surface area contributed by atoms with E-state index in [0.717, 1.165) is 10.7 Å². The average molecular weight is 449 g/mol. The Morgan fingerprint density at radius 2 is 1.94 bits per heavy atom. The van der Waals surface area contributed by atoms with Gasteiger partial charge in [-0.25, -0.2) is 18.9 Å². The van der Waals surface area contributed by atoms with Crippen molar-refractivity contribution in [2.24, 2.45) is 0 Å². The number of aromatic nitrogens is 4. The summed E-state index contributed by atoms with van der Waals surface area (Å²) in [7, 11) is 0. The van der Waals surface area contributed by atoms with Crippen molar-refractivity contribution in [1.29, 1.82) is 0 Å². The highest BCUT2D eigenvalue weighted by Crippen LogP contribution is 2.31. The molecule has 32 heavy (non-hydrogen) atoms. The van der Waals surface area contributed by atoms with Gasteiger partial charge in [0.25, 0.3) is 0 Å². The fourth-order valence-electron chi connectivity index (χ4n) is 4.37. The second-order valence-corrected chi connectivity index (χ2v) is 8.16. The number of carbonyl (C=O) groups excluding carboxylic acids is 1. The first-order chi connectivity index (χ1) is 15.2. The standard InChI is InChI=1S/C21H19F4N5O2/c22-13-10-28(11-13)19(31)16-6-3-7-18-27-29(20(32)30(16)18)9-12-8-17(21(23,24)25)26-15-5-2-1-4-14(12)15/h1-2,4-5,8,13,16H,3,6-7,9-11H2/t16-/m0/s1. The van der Waals surface area contributed by atoms with Crippen LogP contribution >= 0.6 is 0 Å². The van der Waals surface area contributed by atoms with Crippen LogP contribution in [0, 0.1) is 0 Å². The molecule has 168 valence electrons. The van der Waals surface area contributed by atoms with Crippen molar-refractivity contribution in [2.45, 2.75) is 44.2 Å². The highest BCUT2D eigenvalue weighted by molar-refractivity contribution is 5.82. The summed E-state index contributed by atoms with van der Waals surface area (Å²) < 4.78 is 55.7. The number of hydrogen-bond donors (Lipinski definition) is 0. The average Bonchev–Trinajstić information content (AvgIpc) is 3.06. The van der Waals surface area contributed by atoms with E-state index in [1.54, 1.807) is 18.2 Å². The Bertz CT molecular complexity index is 1260. The molecular weight excluding hydrogens is 430 g/mol. The number of alkyl halides is 4. The maximum absolute atomic E-state index is 13.4. The van der Waals surface area contributed by atoms with Gasteiger partial charge in [0.15, 0.2) is 0 Å². The zero-order valence-corrected chi connectivity index (χ0v) is 16.8. The Kier molecular flexibility index (Phi) is 4.79. The molecule has 2 aliphatic heterocycles. The Balaban J connectivity index is 1.54. The summed E-state index contributed by atoms with van der Waals surface area (Å²) in [5.74, 6) is 0.0848. The van der Waals surface area contributed by atoms with Gasteiger partial charge in [-0.3, -0.25) is 9.36 Å². The van der Waals surface area contributed by atoms with E-state index in [-0.39, 0.29) is 36.6 Å². The third-order valence-electron chi connectivity index (χ3n) is 5.98. The minimum Gasteiger partial charge on any atom is -0.335 e. The molecule has 1 saturated heterocycles. The van der Waals surface area contributed by atoms with Gasteiger partial charge in [-0.2, -0.15) is 18.3 Å². The molecular formula is C21H19F4N5O2. The van der Waals surface area contributed by atoms with Crippen molar-refractivity contribution in [3.05, 3.63) is 57.9 Å². The molecule has 7 nitrogen and oxygen atoms in total. The van der Waals surface area contributed by atoms with Crippen LogP contribution in [0.3, 0.4) is 0 Å². The van der Waals surface area contributed by atoms with Crippen LogP contribution in [0.5, 0.6) is 0 Å². The SMILES string of the molecule is O=C([C@@H]1CCCc2nn(Cc3cc(C(F)(F)F)nc4ccccc34)c(=O)n21)N1CC(F)C1. The Morgan fingerprint density at radius 3 is 2.66 bits per heavy atom. The van der Waals surface area contributed by atoms with Crippen molar-refractivity contribution in [3.8, 4) is 0 Å². The van der Waals surface area contributed by atoms with E-state index in [1.807, 2.05) is 0 Å². The van der Waals surface area contributed by atoms with Crippen LogP contribution in [0.2, 0.25) is 0 Å². The molecule has 0 aliphatic carbocycles. The fraction of sp³-hybridized carbons (Fsp3) is 0.429. The number of halogens is 4. The molecule has 0 saturated carbocycles. The highest BCUT2D eigenvalue weighted by atomic mass is 19.4. The lowest BCUT2D eigenvalue weighted by Gasteiger charge is -2.37. The van der Waals surface area contributed by atoms with Gasteiger partial charge < -0.3 is 4.90 Å². The van der Waals surface area contributed by atoms with Crippen LogP contribution in [0.1, 0.15) is 36.0 Å². The molecule has 0 bridgehead atoms. The molecule has 1 amide bonds. The monoisotopic (exact) mass is 449 g/mol. The highest BCUT2D eigenvalue weighted by Gasteiger charge is 2.38. The molecule has 5 rings (SSSR count). The Labute approximate surface area is 179 Å². The summed E-state index contributed by atoms with van der Waals surface area (Å²) in [5.41, 5.74) is -1.19. The molecule has 3 aromatic rings. The molecule has 11 heteroatoms. The number of amides is 1. The van der Waals surface area contributed by atoms with Gasteiger partial charge in [0, 0.05) is 11.8 Å². The van der Waals surface area contributed by atoms with E-state index in [2.05, 4.69) is 10.1 Å². The zero-order valence-electron chi connectivity index (χ0n) is 16.8. The molecule has 0 radical (unpaired) electrons. The van der Waals surface area contributed by atoms with E-state index in [4.69, 9.17) is 0 Å². The summed E-state index contributed by atoms with van der Waals surface area (Å²) in [5, 5.41) is 4.80. The van der Waals surface area contributed by atoms with Gasteiger partial charge in [-0.1, -0.05) is 18.2 Å². The van der Waals surface area contributed by atoms with E-state index >= 15 is 0 Å². The van der Waals surface area contributed by atoms with Gasteiger partial charge in [0.05, 0.1) is 25.2 Å². The summed E-state index contributed by atoms with van der Waals surface area (Å²) in [6.45, 7) is -0.171. The second kappa shape index (κ2) is 7.42. The minimum atomic E-state index is -4.64. The predicted octanol–water partition coefficient (Wildman–Crippen LogP) is 2.72. The van der Waals surface area contributed by atoms with Crippen LogP contribution in [0.4, 0.5) is 17.6 Å². The van der Waals surface area contributed by atoms with E-state index in [1.165, 1.54) is 15.5 Å². The largest absolute Gasteiger partial charge is 0.433 e. The van der Waals surface area contributed by atoms with Crippen LogP contribution in [0.15, 0.2) is 35.1 Å². The van der Waals surface area contributed by atoms with Gasteiger partial charge in [0.1, 0.15) is 23.7 Å². The van der Waals surface area contributed by atoms with Crippen molar-refractivity contribution < 1.29 is 22.4 Å². The molecule has 1 atom stereocenters. The van der Waals surface area contributed by atoms with Gasteiger partial charge in [0.2, 0.25) is 5.91 Å². The number of benzene rings is 1. The van der Waals surface area contributed by atoms with Crippen molar-refractivity contribution in [1.82, 2.24) is 24.2 Å². The second-order valence-electron chi connectivity index (χ2n) is 8.16. The maximum Gasteiger partial charge on any atom is 0.433 e. The van der Waals surface area contributed by atoms with Crippen molar-refractivity contribution in [2.75, 3.05) is 13.1 Å². The molecule has 1 fully saturated rings. The number of carbonyl (C=O) groups is 1. The van der Waals surface area contributed by atoms with Crippen LogP contribution < -0.4 is 5.69 Å². The molecule has 4 heterocycles. The fourth-order valence-corrected chi connectivity index (χ4v) is 4.37. The lowest BCUT2D eigenvalue weighted by molar-refractivity contribution is -0.142. The number of fused-ring (bicyclic) bond motifs is 2. The van der Waals surface area contributed by atoms with Gasteiger partial charge in [-0.15, -0.1) is 0 Å². The third-order valence-corrected chi connectivity index (χ3v) is 5.98. The van der Waals surface area contributed by atoms with Crippen LogP contribution in [0.25, 0.3) is 10.9 Å². The lowest BCUT2D eigenvalue weighted by Crippen LogP contribution is -2.54. The first-order valence-electron chi connectivity index (χ1n) is 10.3. The first kappa shape index (κ1) is 20.7. The van der Waals surface area contributed by atoms with Crippen molar-refractivity contribution >= 4 is 16.8 Å². The predicted molar refractivity (Wildman–Crippen MR) is 106 cm³/mol. The number of nitrogens with zero attached hydrogens (tertiary/aromatic N) is 5. The quantitative estimate of drug-likeness (QED) is 0.577. The zero-order chi connectivity index (χ0) is 22.6. The topological polar surface area (TPSA) is 73.0 Å². The van der Waals surface area contributed by atoms with Gasteiger partial charge in [-0.05, 0) is 30.5 Å². The maximum atomic E-state index is 13.4.